The summed E-state index contributed by atoms with van der Waals surface area (Å²) in [5.41, 5.74) is -1.10. The number of alkyl halides is 3. The van der Waals surface area contributed by atoms with Crippen molar-refractivity contribution in [2.75, 3.05) is 0 Å². The predicted octanol–water partition coefficient (Wildman–Crippen LogP) is 2.66. The van der Waals surface area contributed by atoms with E-state index in [1.165, 1.54) is 4.57 Å². The molecular formula is C19H23F3N6O3. The van der Waals surface area contributed by atoms with Crippen LogP contribution in [0.2, 0.25) is 0 Å². The minimum Gasteiger partial charge on any atom is -0.276 e. The highest BCUT2D eigenvalue weighted by molar-refractivity contribution is 5.93. The maximum Gasteiger partial charge on any atom is 0.408 e. The number of carbonyl (C=O) groups excluding carboxylic acids is 1. The van der Waals surface area contributed by atoms with Crippen molar-refractivity contribution in [1.29, 1.82) is 0 Å². The van der Waals surface area contributed by atoms with Crippen LogP contribution in [0.1, 0.15) is 44.8 Å². The molecule has 0 saturated carbocycles. The Balaban J connectivity index is 2.35. The lowest BCUT2D eigenvalue weighted by atomic mass is 10.3. The van der Waals surface area contributed by atoms with E-state index < -0.39 is 29.9 Å². The minimum atomic E-state index is -4.47. The molecule has 0 fully saturated rings. The molecule has 0 radical (unpaired) electrons. The van der Waals surface area contributed by atoms with Crippen LogP contribution in [0.25, 0.3) is 22.6 Å². The third kappa shape index (κ3) is 4.19. The van der Waals surface area contributed by atoms with Gasteiger partial charge in [-0.05, 0) is 19.8 Å². The number of aromatic nitrogens is 6. The molecule has 0 spiro atoms. The Morgan fingerprint density at radius 1 is 1.10 bits per heavy atom. The van der Waals surface area contributed by atoms with E-state index in [9.17, 15) is 27.6 Å². The van der Waals surface area contributed by atoms with Gasteiger partial charge in [0.25, 0.3) is 5.56 Å². The highest BCUT2D eigenvalue weighted by atomic mass is 19.4. The lowest BCUT2D eigenvalue weighted by molar-refractivity contribution is -0.142. The average Bonchev–Trinajstić information content (AvgIpc) is 3.29. The van der Waals surface area contributed by atoms with Crippen LogP contribution in [0.4, 0.5) is 13.2 Å². The summed E-state index contributed by atoms with van der Waals surface area (Å²) < 4.78 is 42.3. The van der Waals surface area contributed by atoms with Crippen molar-refractivity contribution in [2.24, 2.45) is 0 Å². The van der Waals surface area contributed by atoms with Gasteiger partial charge in [-0.15, -0.1) is 0 Å². The first-order valence-electron chi connectivity index (χ1n) is 10.0. The van der Waals surface area contributed by atoms with Crippen LogP contribution in [0, 0.1) is 0 Å². The second-order valence-corrected chi connectivity index (χ2v) is 7.11. The fourth-order valence-electron chi connectivity index (χ4n) is 3.46. The molecule has 0 aliphatic heterocycles. The molecule has 0 unspecified atom stereocenters. The van der Waals surface area contributed by atoms with Gasteiger partial charge in [0.1, 0.15) is 6.54 Å². The number of hydrogen-bond acceptors (Lipinski definition) is 5. The standard InChI is InChI=1S/C19H23F3N6O3/c1-4-7-13(29)28-14-16(26(6-3)18(31)27(8-5-2)17(14)30)24-15(28)12-9-23-25(10-12)11-19(20,21)22/h9-10H,4-8,11H2,1-3H3. The Hall–Kier alpha value is -3.18. The number of halogens is 3. The van der Waals surface area contributed by atoms with Crippen LogP contribution in [0.5, 0.6) is 0 Å². The molecular weight excluding hydrogens is 417 g/mol. The van der Waals surface area contributed by atoms with E-state index >= 15 is 0 Å². The summed E-state index contributed by atoms with van der Waals surface area (Å²) in [4.78, 5) is 43.2. The fraction of sp³-hybridized carbons (Fsp3) is 0.526. The lowest BCUT2D eigenvalue weighted by Crippen LogP contribution is -2.40. The summed E-state index contributed by atoms with van der Waals surface area (Å²) in [6.45, 7) is 4.36. The monoisotopic (exact) mass is 440 g/mol. The van der Waals surface area contributed by atoms with Crippen molar-refractivity contribution >= 4 is 17.1 Å². The minimum absolute atomic E-state index is 0.0187. The fourth-order valence-corrected chi connectivity index (χ4v) is 3.46. The number of carbonyl (C=O) groups is 1. The van der Waals surface area contributed by atoms with Gasteiger partial charge in [0, 0.05) is 25.7 Å². The Morgan fingerprint density at radius 2 is 1.81 bits per heavy atom. The molecule has 0 amide bonds. The Kier molecular flexibility index (Phi) is 6.18. The van der Waals surface area contributed by atoms with Gasteiger partial charge < -0.3 is 0 Å². The third-order valence-electron chi connectivity index (χ3n) is 4.73. The zero-order valence-electron chi connectivity index (χ0n) is 17.4. The van der Waals surface area contributed by atoms with E-state index in [4.69, 9.17) is 0 Å². The summed E-state index contributed by atoms with van der Waals surface area (Å²) in [5.74, 6) is -0.458. The van der Waals surface area contributed by atoms with Gasteiger partial charge in [0.05, 0.1) is 11.8 Å². The van der Waals surface area contributed by atoms with Crippen molar-refractivity contribution in [1.82, 2.24) is 28.5 Å². The zero-order chi connectivity index (χ0) is 22.9. The largest absolute Gasteiger partial charge is 0.408 e. The molecule has 9 nitrogen and oxygen atoms in total. The SMILES string of the molecule is CCCC(=O)n1c(-c2cnn(CC(F)(F)F)c2)nc2c1c(=O)n(CCC)c(=O)n2CC. The van der Waals surface area contributed by atoms with Crippen molar-refractivity contribution < 1.29 is 18.0 Å². The third-order valence-corrected chi connectivity index (χ3v) is 4.73. The molecule has 12 heteroatoms. The number of imidazole rings is 1. The summed E-state index contributed by atoms with van der Waals surface area (Å²) in [6.07, 6.45) is -1.10. The predicted molar refractivity (Wildman–Crippen MR) is 107 cm³/mol. The van der Waals surface area contributed by atoms with E-state index in [1.807, 2.05) is 6.92 Å². The smallest absolute Gasteiger partial charge is 0.276 e. The Labute approximate surface area is 174 Å². The molecule has 3 aromatic heterocycles. The highest BCUT2D eigenvalue weighted by Gasteiger charge is 2.30. The molecule has 0 N–H and O–H groups in total. The Morgan fingerprint density at radius 3 is 2.39 bits per heavy atom. The number of hydrogen-bond donors (Lipinski definition) is 0. The lowest BCUT2D eigenvalue weighted by Gasteiger charge is -2.10. The van der Waals surface area contributed by atoms with Gasteiger partial charge in [-0.3, -0.25) is 28.0 Å². The summed E-state index contributed by atoms with van der Waals surface area (Å²) in [7, 11) is 0. The summed E-state index contributed by atoms with van der Waals surface area (Å²) in [6, 6.07) is 0. The summed E-state index contributed by atoms with van der Waals surface area (Å²) in [5, 5.41) is 3.70. The maximum atomic E-state index is 13.1. The second-order valence-electron chi connectivity index (χ2n) is 7.11. The van der Waals surface area contributed by atoms with Gasteiger partial charge in [0.2, 0.25) is 5.91 Å². The van der Waals surface area contributed by atoms with E-state index in [2.05, 4.69) is 10.1 Å². The first-order chi connectivity index (χ1) is 14.6. The molecule has 168 valence electrons. The van der Waals surface area contributed by atoms with Crippen LogP contribution in [0.3, 0.4) is 0 Å². The van der Waals surface area contributed by atoms with Gasteiger partial charge in [0.15, 0.2) is 17.0 Å². The average molecular weight is 440 g/mol. The van der Waals surface area contributed by atoms with Crippen LogP contribution < -0.4 is 11.2 Å². The number of nitrogens with zero attached hydrogens (tertiary/aromatic N) is 6. The molecule has 0 saturated heterocycles. The van der Waals surface area contributed by atoms with Gasteiger partial charge in [-0.25, -0.2) is 9.78 Å². The number of rotatable bonds is 7. The zero-order valence-corrected chi connectivity index (χ0v) is 17.4. The van der Waals surface area contributed by atoms with Crippen LogP contribution >= 0.6 is 0 Å². The summed E-state index contributed by atoms with van der Waals surface area (Å²) >= 11 is 0. The quantitative estimate of drug-likeness (QED) is 0.563. The van der Waals surface area contributed by atoms with Gasteiger partial charge in [-0.2, -0.15) is 18.3 Å². The van der Waals surface area contributed by atoms with E-state index in [0.29, 0.717) is 17.5 Å². The molecule has 3 aromatic rings. The van der Waals surface area contributed by atoms with Crippen molar-refractivity contribution in [3.05, 3.63) is 33.2 Å². The highest BCUT2D eigenvalue weighted by Crippen LogP contribution is 2.25. The first kappa shape index (κ1) is 22.5. The number of fused-ring (bicyclic) bond motifs is 1. The van der Waals surface area contributed by atoms with Crippen molar-refractivity contribution in [3.63, 3.8) is 0 Å². The molecule has 3 rings (SSSR count). The molecule has 31 heavy (non-hydrogen) atoms. The molecule has 0 aromatic carbocycles. The van der Waals surface area contributed by atoms with Crippen LogP contribution in [-0.2, 0) is 19.6 Å². The van der Waals surface area contributed by atoms with Gasteiger partial charge in [-0.1, -0.05) is 13.8 Å². The van der Waals surface area contributed by atoms with E-state index in [1.54, 1.807) is 13.8 Å². The van der Waals surface area contributed by atoms with Crippen molar-refractivity contribution in [2.45, 2.75) is 65.8 Å². The molecule has 0 aliphatic carbocycles. The van der Waals surface area contributed by atoms with Crippen LogP contribution in [0.15, 0.2) is 22.0 Å². The van der Waals surface area contributed by atoms with E-state index in [0.717, 1.165) is 21.5 Å². The normalized spacial score (nSPS) is 12.1. The van der Waals surface area contributed by atoms with Crippen molar-refractivity contribution in [3.8, 4) is 11.4 Å². The maximum absolute atomic E-state index is 13.1. The van der Waals surface area contributed by atoms with E-state index in [-0.39, 0.29) is 42.1 Å². The second kappa shape index (κ2) is 8.52. The molecule has 0 bridgehead atoms. The van der Waals surface area contributed by atoms with Gasteiger partial charge >= 0.3 is 11.9 Å². The molecule has 0 atom stereocenters. The topological polar surface area (TPSA) is 96.7 Å². The Bertz CT molecular complexity index is 1230. The molecule has 0 aliphatic rings. The molecule has 3 heterocycles. The van der Waals surface area contributed by atoms with Crippen LogP contribution in [-0.4, -0.2) is 40.5 Å². The first-order valence-corrected chi connectivity index (χ1v) is 10.0. The number of aryl methyl sites for hydroxylation is 1.